The molecule has 4 rings (SSSR count). The van der Waals surface area contributed by atoms with Gasteiger partial charge >= 0.3 is 0 Å². The summed E-state index contributed by atoms with van der Waals surface area (Å²) >= 11 is 1.34. The number of nitrogens with two attached hydrogens (primary N) is 1. The molecule has 150 valence electrons. The zero-order valence-electron chi connectivity index (χ0n) is 15.5. The Morgan fingerprint density at radius 2 is 2.00 bits per heavy atom. The van der Waals surface area contributed by atoms with E-state index in [4.69, 9.17) is 5.73 Å². The predicted molar refractivity (Wildman–Crippen MR) is 109 cm³/mol. The molecule has 0 saturated carbocycles. The van der Waals surface area contributed by atoms with Gasteiger partial charge in [-0.25, -0.2) is 18.7 Å². The number of benzene rings is 1. The summed E-state index contributed by atoms with van der Waals surface area (Å²) in [4.78, 5) is 24.6. The highest BCUT2D eigenvalue weighted by molar-refractivity contribution is 7.13. The Morgan fingerprint density at radius 3 is 2.76 bits per heavy atom. The summed E-state index contributed by atoms with van der Waals surface area (Å²) in [7, 11) is 0. The zero-order valence-corrected chi connectivity index (χ0v) is 16.3. The lowest BCUT2D eigenvalue weighted by atomic mass is 10.1. The van der Waals surface area contributed by atoms with Crippen LogP contribution < -0.4 is 11.1 Å². The van der Waals surface area contributed by atoms with Crippen LogP contribution in [0.1, 0.15) is 20.4 Å². The van der Waals surface area contributed by atoms with Gasteiger partial charge in [-0.15, -0.1) is 11.3 Å². The molecule has 1 aliphatic rings. The van der Waals surface area contributed by atoms with E-state index in [0.717, 1.165) is 23.5 Å². The summed E-state index contributed by atoms with van der Waals surface area (Å²) in [5, 5.41) is 3.04. The molecule has 1 aliphatic heterocycles. The maximum atomic E-state index is 13.1. The lowest BCUT2D eigenvalue weighted by molar-refractivity contribution is 0.102. The van der Waals surface area contributed by atoms with Crippen molar-refractivity contribution in [2.24, 2.45) is 0 Å². The van der Waals surface area contributed by atoms with Gasteiger partial charge < -0.3 is 11.1 Å². The number of carbonyl (C=O) groups excluding carboxylic acids is 1. The van der Waals surface area contributed by atoms with E-state index in [2.05, 4.69) is 15.3 Å². The van der Waals surface area contributed by atoms with E-state index in [1.54, 1.807) is 24.3 Å². The Hall–Kier alpha value is -2.91. The van der Waals surface area contributed by atoms with Gasteiger partial charge in [0, 0.05) is 30.1 Å². The Balaban J connectivity index is 1.53. The number of nitrogens with one attached hydrogen (secondary N) is 1. The number of nitrogens with zero attached hydrogens (tertiary/aromatic N) is 3. The fraction of sp³-hybridized carbons (Fsp3) is 0.250. The number of pyridine rings is 1. The second-order valence-electron chi connectivity index (χ2n) is 6.70. The predicted octanol–water partition coefficient (Wildman–Crippen LogP) is 3.51. The summed E-state index contributed by atoms with van der Waals surface area (Å²) < 4.78 is 25.7. The minimum atomic E-state index is -0.401. The largest absolute Gasteiger partial charge is 0.396 e. The van der Waals surface area contributed by atoms with E-state index in [0.29, 0.717) is 35.0 Å². The van der Waals surface area contributed by atoms with Gasteiger partial charge in [-0.05, 0) is 42.8 Å². The zero-order chi connectivity index (χ0) is 20.4. The maximum Gasteiger partial charge on any atom is 0.285 e. The van der Waals surface area contributed by atoms with Gasteiger partial charge in [-0.3, -0.25) is 9.69 Å². The first-order valence-corrected chi connectivity index (χ1v) is 9.96. The minimum absolute atomic E-state index is 0.226. The van der Waals surface area contributed by atoms with Crippen LogP contribution >= 0.6 is 11.3 Å². The third-order valence-corrected chi connectivity index (χ3v) is 5.86. The molecule has 0 bridgehead atoms. The Kier molecular flexibility index (Phi) is 5.50. The van der Waals surface area contributed by atoms with Gasteiger partial charge in [-0.1, -0.05) is 0 Å². The summed E-state index contributed by atoms with van der Waals surface area (Å²) in [6, 6.07) is 9.26. The van der Waals surface area contributed by atoms with Crippen LogP contribution in [0.5, 0.6) is 0 Å². The van der Waals surface area contributed by atoms with Crippen molar-refractivity contribution < 1.29 is 13.6 Å². The second-order valence-corrected chi connectivity index (χ2v) is 7.78. The summed E-state index contributed by atoms with van der Waals surface area (Å²) in [6.45, 7) is 1.27. The molecule has 0 atom stereocenters. The lowest BCUT2D eigenvalue weighted by Crippen LogP contribution is -2.31. The Bertz CT molecular complexity index is 1040. The first kappa shape index (κ1) is 19.4. The molecular formula is C20H19F2N5OS. The van der Waals surface area contributed by atoms with Crippen molar-refractivity contribution in [1.29, 1.82) is 0 Å². The van der Waals surface area contributed by atoms with Crippen molar-refractivity contribution in [3.8, 4) is 11.3 Å². The molecular weight excluding hydrogens is 396 g/mol. The molecule has 0 radical (unpaired) electrons. The first-order chi connectivity index (χ1) is 14.0. The number of anilines is 2. The van der Waals surface area contributed by atoms with Gasteiger partial charge in [0.25, 0.3) is 5.91 Å². The minimum Gasteiger partial charge on any atom is -0.396 e. The molecule has 9 heteroatoms. The average molecular weight is 415 g/mol. The molecule has 1 aromatic carbocycles. The molecule has 0 saturated heterocycles. The van der Waals surface area contributed by atoms with Crippen LogP contribution in [-0.4, -0.2) is 40.5 Å². The van der Waals surface area contributed by atoms with Gasteiger partial charge in [0.15, 0.2) is 10.8 Å². The van der Waals surface area contributed by atoms with Crippen molar-refractivity contribution >= 4 is 28.7 Å². The van der Waals surface area contributed by atoms with Crippen LogP contribution in [0.3, 0.4) is 0 Å². The topological polar surface area (TPSA) is 84.1 Å². The molecule has 2 aromatic heterocycles. The SMILES string of the molecule is Nc1ccc(-c2ccc(F)cc2)nc1NC(=O)c1nc2c(s1)CCN(CCF)C2. The fourth-order valence-electron chi connectivity index (χ4n) is 3.17. The summed E-state index contributed by atoms with van der Waals surface area (Å²) in [5.41, 5.74) is 8.38. The number of thiazole rings is 1. The Morgan fingerprint density at radius 1 is 1.21 bits per heavy atom. The lowest BCUT2D eigenvalue weighted by Gasteiger charge is -2.24. The maximum absolute atomic E-state index is 13.1. The fourth-order valence-corrected chi connectivity index (χ4v) is 4.13. The van der Waals surface area contributed by atoms with Crippen LogP contribution in [0, 0.1) is 5.82 Å². The number of halogens is 2. The number of rotatable bonds is 5. The molecule has 3 N–H and O–H groups in total. The number of aromatic nitrogens is 2. The van der Waals surface area contributed by atoms with Crippen LogP contribution in [0.4, 0.5) is 20.3 Å². The van der Waals surface area contributed by atoms with Gasteiger partial charge in [-0.2, -0.15) is 0 Å². The molecule has 3 aromatic rings. The third kappa shape index (κ3) is 4.25. The van der Waals surface area contributed by atoms with E-state index in [-0.39, 0.29) is 11.6 Å². The standard InChI is InChI=1S/C20H19F2N5OS/c21-8-10-27-9-7-17-16(11-27)25-20(29-17)19(28)26-18-14(23)5-6-15(24-18)12-1-3-13(22)4-2-12/h1-6H,7-11,23H2,(H,24,26,28). The number of nitrogen functional groups attached to an aromatic ring is 1. The monoisotopic (exact) mass is 415 g/mol. The molecule has 3 heterocycles. The van der Waals surface area contributed by atoms with E-state index in [1.165, 1.54) is 23.5 Å². The van der Waals surface area contributed by atoms with Crippen LogP contribution in [0.15, 0.2) is 36.4 Å². The number of fused-ring (bicyclic) bond motifs is 1. The molecule has 29 heavy (non-hydrogen) atoms. The normalized spacial score (nSPS) is 13.9. The van der Waals surface area contributed by atoms with E-state index in [9.17, 15) is 13.6 Å². The second kappa shape index (κ2) is 8.22. The number of alkyl halides is 1. The van der Waals surface area contributed by atoms with Crippen LogP contribution in [0.25, 0.3) is 11.3 Å². The molecule has 0 aliphatic carbocycles. The Labute approximate surface area is 170 Å². The van der Waals surface area contributed by atoms with Crippen molar-refractivity contribution in [1.82, 2.24) is 14.9 Å². The molecule has 0 unspecified atom stereocenters. The highest BCUT2D eigenvalue weighted by Gasteiger charge is 2.23. The van der Waals surface area contributed by atoms with Crippen LogP contribution in [-0.2, 0) is 13.0 Å². The average Bonchev–Trinajstić information content (AvgIpc) is 3.14. The smallest absolute Gasteiger partial charge is 0.285 e. The van der Waals surface area contributed by atoms with Crippen LogP contribution in [0.2, 0.25) is 0 Å². The third-order valence-electron chi connectivity index (χ3n) is 4.70. The number of amides is 1. The summed E-state index contributed by atoms with van der Waals surface area (Å²) in [5.74, 6) is -0.503. The molecule has 6 nitrogen and oxygen atoms in total. The summed E-state index contributed by atoms with van der Waals surface area (Å²) in [6.07, 6.45) is 0.751. The van der Waals surface area contributed by atoms with Gasteiger partial charge in [0.2, 0.25) is 0 Å². The quantitative estimate of drug-likeness (QED) is 0.666. The van der Waals surface area contributed by atoms with Crippen molar-refractivity contribution in [3.63, 3.8) is 0 Å². The highest BCUT2D eigenvalue weighted by Crippen LogP contribution is 2.27. The van der Waals surface area contributed by atoms with Crippen molar-refractivity contribution in [2.45, 2.75) is 13.0 Å². The van der Waals surface area contributed by atoms with E-state index in [1.807, 2.05) is 4.90 Å². The molecule has 0 spiro atoms. The van der Waals surface area contributed by atoms with Crippen molar-refractivity contribution in [3.05, 3.63) is 57.8 Å². The highest BCUT2D eigenvalue weighted by atomic mass is 32.1. The first-order valence-electron chi connectivity index (χ1n) is 9.14. The van der Waals surface area contributed by atoms with Gasteiger partial charge in [0.05, 0.1) is 17.1 Å². The van der Waals surface area contributed by atoms with E-state index < -0.39 is 12.6 Å². The number of hydrogen-bond acceptors (Lipinski definition) is 6. The molecule has 0 fully saturated rings. The number of carbonyl (C=O) groups is 1. The van der Waals surface area contributed by atoms with Crippen molar-refractivity contribution in [2.75, 3.05) is 30.8 Å². The van der Waals surface area contributed by atoms with Gasteiger partial charge in [0.1, 0.15) is 12.5 Å². The number of hydrogen-bond donors (Lipinski definition) is 2. The molecule has 1 amide bonds. The van der Waals surface area contributed by atoms with E-state index >= 15 is 0 Å².